The van der Waals surface area contributed by atoms with Crippen LogP contribution in [0.1, 0.15) is 64.4 Å². The zero-order chi connectivity index (χ0) is 33.6. The molecule has 8 rings (SSSR count). The molecule has 0 radical (unpaired) electrons. The molecule has 0 unspecified atom stereocenters. The molecule has 48 heavy (non-hydrogen) atoms. The SMILES string of the molecule is C=O.C=O.Cc1ccnc(-c2ccc3c4c(ccc3n2)-c2c(C3CCCCC3)c3sc(C(=O)NCc5ccccc5)cc3n2CCN4)c1. The summed E-state index contributed by atoms with van der Waals surface area (Å²) in [6.07, 6.45) is 8.07. The predicted octanol–water partition coefficient (Wildman–Crippen LogP) is 8.32. The summed E-state index contributed by atoms with van der Waals surface area (Å²) < 4.78 is 3.76. The second kappa shape index (κ2) is 14.7. The minimum Gasteiger partial charge on any atom is -0.382 e. The molecule has 0 spiro atoms. The standard InChI is InChI=1S/C37H35N5OS.2CH2O/c1-23-16-17-38-30(20-23)29-15-12-26-28(41-29)14-13-27-34(26)39-18-19-42-31-21-32(37(43)40-22-24-8-4-2-5-9-24)44-36(31)33(35(27)42)25-10-6-3-7-11-25;2*1-2/h2,4-5,8-9,12-17,20-21,25,39H,3,6-7,10-11,18-19,22H2,1H3,(H,40,43);2*1H2. The molecule has 1 amide bonds. The third-order valence-electron chi connectivity index (χ3n) is 9.25. The maximum absolute atomic E-state index is 13.4. The van der Waals surface area contributed by atoms with Crippen molar-refractivity contribution in [2.24, 2.45) is 0 Å². The number of anilines is 1. The van der Waals surface area contributed by atoms with Crippen molar-refractivity contribution in [3.05, 3.63) is 101 Å². The number of thiophene rings is 1. The van der Waals surface area contributed by atoms with Gasteiger partial charge in [-0.2, -0.15) is 0 Å². The molecule has 1 fully saturated rings. The van der Waals surface area contributed by atoms with Crippen LogP contribution in [0.4, 0.5) is 5.69 Å². The highest BCUT2D eigenvalue weighted by molar-refractivity contribution is 7.21. The smallest absolute Gasteiger partial charge is 0.261 e. The van der Waals surface area contributed by atoms with Crippen LogP contribution in [-0.4, -0.2) is 40.6 Å². The Morgan fingerprint density at radius 2 is 1.75 bits per heavy atom. The number of fused-ring (bicyclic) bond motifs is 7. The van der Waals surface area contributed by atoms with Gasteiger partial charge in [-0.3, -0.25) is 9.78 Å². The van der Waals surface area contributed by atoms with Gasteiger partial charge in [-0.05, 0) is 84.8 Å². The van der Waals surface area contributed by atoms with Crippen LogP contribution in [0.15, 0.2) is 79.0 Å². The molecule has 9 heteroatoms. The maximum atomic E-state index is 13.4. The van der Waals surface area contributed by atoms with Crippen LogP contribution in [0.3, 0.4) is 0 Å². The van der Waals surface area contributed by atoms with E-state index < -0.39 is 0 Å². The topological polar surface area (TPSA) is 106 Å². The molecule has 2 aromatic carbocycles. The summed E-state index contributed by atoms with van der Waals surface area (Å²) in [6, 6.07) is 25.1. The first-order valence-corrected chi connectivity index (χ1v) is 17.1. The van der Waals surface area contributed by atoms with Crippen LogP contribution < -0.4 is 10.6 Å². The number of rotatable bonds is 5. The zero-order valence-corrected chi connectivity index (χ0v) is 27.9. The van der Waals surface area contributed by atoms with Gasteiger partial charge in [-0.25, -0.2) is 4.98 Å². The number of nitrogens with one attached hydrogen (secondary N) is 2. The minimum absolute atomic E-state index is 0.00196. The summed E-state index contributed by atoms with van der Waals surface area (Å²) in [7, 11) is 0. The number of benzene rings is 2. The zero-order valence-electron chi connectivity index (χ0n) is 27.1. The first-order chi connectivity index (χ1) is 23.6. The molecular formula is C39H39N5O3S. The van der Waals surface area contributed by atoms with Crippen molar-refractivity contribution in [1.82, 2.24) is 19.9 Å². The Kier molecular flexibility index (Phi) is 10.1. The van der Waals surface area contributed by atoms with E-state index in [-0.39, 0.29) is 5.91 Å². The van der Waals surface area contributed by atoms with Gasteiger partial charge in [0.15, 0.2) is 0 Å². The maximum Gasteiger partial charge on any atom is 0.261 e. The quantitative estimate of drug-likeness (QED) is 0.193. The fraction of sp³-hybridized carbons (Fsp3) is 0.256. The predicted molar refractivity (Wildman–Crippen MR) is 195 cm³/mol. The van der Waals surface area contributed by atoms with Crippen LogP contribution in [-0.2, 0) is 22.7 Å². The normalized spacial score (nSPS) is 13.9. The molecule has 8 nitrogen and oxygen atoms in total. The van der Waals surface area contributed by atoms with Crippen molar-refractivity contribution in [1.29, 1.82) is 0 Å². The summed E-state index contributed by atoms with van der Waals surface area (Å²) in [6.45, 7) is 8.26. The summed E-state index contributed by atoms with van der Waals surface area (Å²) in [5.41, 5.74) is 11.4. The number of nitrogens with zero attached hydrogens (tertiary/aromatic N) is 3. The third kappa shape index (κ3) is 6.25. The van der Waals surface area contributed by atoms with Crippen molar-refractivity contribution >= 4 is 57.6 Å². The van der Waals surface area contributed by atoms with Crippen molar-refractivity contribution in [3.8, 4) is 22.6 Å². The number of aromatic nitrogens is 3. The lowest BCUT2D eigenvalue weighted by Gasteiger charge is -2.23. The van der Waals surface area contributed by atoms with Crippen LogP contribution in [0, 0.1) is 6.92 Å². The van der Waals surface area contributed by atoms with Crippen LogP contribution >= 0.6 is 11.3 Å². The van der Waals surface area contributed by atoms with Crippen LogP contribution in [0.2, 0.25) is 0 Å². The highest BCUT2D eigenvalue weighted by atomic mass is 32.1. The molecule has 2 aliphatic rings. The highest BCUT2D eigenvalue weighted by Crippen LogP contribution is 2.49. The molecule has 0 atom stereocenters. The van der Waals surface area contributed by atoms with E-state index in [0.717, 1.165) is 51.5 Å². The Morgan fingerprint density at radius 1 is 0.958 bits per heavy atom. The van der Waals surface area contributed by atoms with Gasteiger partial charge in [0.2, 0.25) is 0 Å². The summed E-state index contributed by atoms with van der Waals surface area (Å²) in [5.74, 6) is 0.498. The molecule has 1 aliphatic carbocycles. The van der Waals surface area contributed by atoms with Gasteiger partial charge in [-0.15, -0.1) is 11.3 Å². The van der Waals surface area contributed by atoms with Gasteiger partial charge in [0.05, 0.1) is 43.4 Å². The molecule has 6 aromatic rings. The van der Waals surface area contributed by atoms with Gasteiger partial charge in [0.1, 0.15) is 13.6 Å². The Balaban J connectivity index is 0.000000969. The number of carbonyl (C=O) groups is 3. The van der Waals surface area contributed by atoms with Crippen LogP contribution in [0.5, 0.6) is 0 Å². The van der Waals surface area contributed by atoms with E-state index in [2.05, 4.69) is 63.5 Å². The lowest BCUT2D eigenvalue weighted by atomic mass is 9.83. The Labute approximate surface area is 284 Å². The fourth-order valence-corrected chi connectivity index (χ4v) is 8.32. The van der Waals surface area contributed by atoms with Gasteiger partial charge < -0.3 is 24.8 Å². The second-order valence-electron chi connectivity index (χ2n) is 12.1. The van der Waals surface area contributed by atoms with E-state index in [4.69, 9.17) is 14.6 Å². The van der Waals surface area contributed by atoms with Crippen molar-refractivity contribution in [2.45, 2.75) is 58.0 Å². The molecule has 4 aromatic heterocycles. The van der Waals surface area contributed by atoms with Gasteiger partial charge in [0.25, 0.3) is 5.91 Å². The number of pyridine rings is 2. The first-order valence-electron chi connectivity index (χ1n) is 16.3. The van der Waals surface area contributed by atoms with Crippen molar-refractivity contribution < 1.29 is 14.4 Å². The molecular weight excluding hydrogens is 619 g/mol. The largest absolute Gasteiger partial charge is 0.382 e. The highest BCUT2D eigenvalue weighted by Gasteiger charge is 2.31. The monoisotopic (exact) mass is 657 g/mol. The number of amides is 1. The fourth-order valence-electron chi connectivity index (χ4n) is 7.12. The first kappa shape index (κ1) is 32.8. The van der Waals surface area contributed by atoms with Gasteiger partial charge >= 0.3 is 0 Å². The molecule has 0 bridgehead atoms. The molecule has 244 valence electrons. The van der Waals surface area contributed by atoms with Crippen molar-refractivity contribution in [3.63, 3.8) is 0 Å². The van der Waals surface area contributed by atoms with Gasteiger partial charge in [0, 0.05) is 36.8 Å². The van der Waals surface area contributed by atoms with Crippen molar-refractivity contribution in [2.75, 3.05) is 11.9 Å². The second-order valence-corrected chi connectivity index (χ2v) is 13.2. The van der Waals surface area contributed by atoms with E-state index in [0.29, 0.717) is 12.5 Å². The Hall–Kier alpha value is -5.15. The molecule has 1 aliphatic heterocycles. The average molecular weight is 658 g/mol. The molecule has 5 heterocycles. The molecule has 1 saturated carbocycles. The summed E-state index contributed by atoms with van der Waals surface area (Å²) in [4.78, 5) is 39.8. The van der Waals surface area contributed by atoms with E-state index in [9.17, 15) is 4.79 Å². The minimum atomic E-state index is 0.00196. The lowest BCUT2D eigenvalue weighted by molar-refractivity contribution is -0.0987. The van der Waals surface area contributed by atoms with E-state index in [1.807, 2.05) is 56.2 Å². The summed E-state index contributed by atoms with van der Waals surface area (Å²) >= 11 is 1.67. The Morgan fingerprint density at radius 3 is 2.52 bits per heavy atom. The Bertz CT molecular complexity index is 2060. The number of hydrogen-bond acceptors (Lipinski definition) is 7. The number of aryl methyl sites for hydroxylation is 1. The molecule has 2 N–H and O–H groups in total. The number of carbonyl (C=O) groups excluding carboxylic acids is 3. The lowest BCUT2D eigenvalue weighted by Crippen LogP contribution is -2.21. The average Bonchev–Trinajstić information content (AvgIpc) is 3.64. The van der Waals surface area contributed by atoms with Gasteiger partial charge in [-0.1, -0.05) is 49.6 Å². The molecule has 0 saturated heterocycles. The van der Waals surface area contributed by atoms with E-state index in [1.165, 1.54) is 64.7 Å². The third-order valence-corrected chi connectivity index (χ3v) is 10.4. The van der Waals surface area contributed by atoms with E-state index >= 15 is 0 Å². The summed E-state index contributed by atoms with van der Waals surface area (Å²) in [5, 5.41) is 8.06. The number of hydrogen-bond donors (Lipinski definition) is 2. The van der Waals surface area contributed by atoms with E-state index in [1.54, 1.807) is 11.3 Å². The van der Waals surface area contributed by atoms with Crippen LogP contribution in [0.25, 0.3) is 43.8 Å².